The van der Waals surface area contributed by atoms with Crippen LogP contribution in [-0.2, 0) is 66.3 Å². The van der Waals surface area contributed by atoms with Crippen molar-refractivity contribution in [3.63, 3.8) is 0 Å². The molecule has 4 saturated heterocycles. The molecule has 4 heterocycles. The number of carbonyl (C=O) groups is 2. The standard InChI is InChI=1S/C62H88O21/c1-33-50(63)54(73-10)51(64)57(77-33)83-53-35(3)76-49(30-43(53)72-9)82-52-34(2)75-48(29-42(52)71-8)80-44-32-74-47(28-41(44)70-7)79-40-22-23-58(5)39(27-40)21-24-61(68)45(58)31-46(81-56(66)38-19-15-12-16-20-38)59(6)60(67,25-26-62(59,61)69)36(4)78-55(65)37-17-13-11-14-18-37/h11-21,33-36,40-54,57,63-64,67-69H,22-32H2,1-10H3/t33-,34-,35-,36+,40+,41+,42+,43-,44-,45-,46-,47+,48+,49+,50+,51-,52-,53-,54+,57+,58+,59-,60+,61+,62-/m1/s1. The van der Waals surface area contributed by atoms with Crippen LogP contribution in [0.1, 0.15) is 126 Å². The maximum atomic E-state index is 14.1. The molecule has 10 rings (SSSR count). The van der Waals surface area contributed by atoms with E-state index in [0.717, 1.165) is 5.57 Å². The Labute approximate surface area is 486 Å². The van der Waals surface area contributed by atoms with Crippen LogP contribution < -0.4 is 0 Å². The topological polar surface area (TPSA) is 265 Å². The summed E-state index contributed by atoms with van der Waals surface area (Å²) < 4.78 is 86.9. The SMILES string of the molecule is CO[C@H]1[C@@H](O)[C@@H](C)O[C@@H](O[C@@H]2[C@@H](C)O[C@@H](O[C@H]3[C@@H](OC)C[C@H](O[C@@H]4CO[C@@H](O[C@H]5CC[C@@]6(C)C(=CC[C@]7(O)[C@@H]6C[C@@H](OC(=O)c6ccccc6)[C@@]6(C)[C@]7(O)CC[C@]6(O)[C@H](C)OC(=O)c6ccccc6)C5)C[C@@H]4OC)O[C@@H]3C)C[C@H]2OC)[C@@H]1O. The van der Waals surface area contributed by atoms with E-state index in [1.807, 2.05) is 19.9 Å². The number of methoxy groups -OCH3 is 4. The van der Waals surface area contributed by atoms with E-state index in [1.165, 1.54) is 7.11 Å². The average molecular weight is 1170 g/mol. The van der Waals surface area contributed by atoms with Crippen molar-refractivity contribution in [2.24, 2.45) is 16.7 Å². The first kappa shape index (κ1) is 62.5. The molecule has 0 aromatic heterocycles. The second kappa shape index (κ2) is 24.9. The van der Waals surface area contributed by atoms with Gasteiger partial charge in [-0.3, -0.25) is 0 Å². The van der Waals surface area contributed by atoms with Crippen LogP contribution in [0.5, 0.6) is 0 Å². The van der Waals surface area contributed by atoms with Crippen LogP contribution in [0.3, 0.4) is 0 Å². The Morgan fingerprint density at radius 2 is 1.22 bits per heavy atom. The van der Waals surface area contributed by atoms with Gasteiger partial charge in [0, 0.05) is 53.6 Å². The Kier molecular flexibility index (Phi) is 18.7. The molecule has 8 aliphatic rings. The summed E-state index contributed by atoms with van der Waals surface area (Å²) in [5.74, 6) is -1.89. The van der Waals surface area contributed by atoms with Gasteiger partial charge in [-0.25, -0.2) is 9.59 Å². The van der Waals surface area contributed by atoms with Crippen molar-refractivity contribution in [3.05, 3.63) is 83.4 Å². The third-order valence-electron chi connectivity index (χ3n) is 20.6. The highest BCUT2D eigenvalue weighted by molar-refractivity contribution is 5.90. The molecule has 5 N–H and O–H groups in total. The second-order valence-electron chi connectivity index (χ2n) is 24.8. The van der Waals surface area contributed by atoms with Crippen molar-refractivity contribution in [3.8, 4) is 0 Å². The molecule has 83 heavy (non-hydrogen) atoms. The van der Waals surface area contributed by atoms with Crippen molar-refractivity contribution in [2.45, 2.75) is 239 Å². The molecule has 0 spiro atoms. The van der Waals surface area contributed by atoms with E-state index in [-0.39, 0.29) is 38.4 Å². The normalized spacial score (nSPS) is 45.7. The van der Waals surface area contributed by atoms with E-state index in [4.69, 9.17) is 66.3 Å². The highest BCUT2D eigenvalue weighted by Crippen LogP contribution is 2.71. The van der Waals surface area contributed by atoms with Crippen molar-refractivity contribution < 1.29 is 101 Å². The summed E-state index contributed by atoms with van der Waals surface area (Å²) in [6.45, 7) is 10.9. The number of benzene rings is 2. The Bertz CT molecular complexity index is 2560. The van der Waals surface area contributed by atoms with E-state index in [0.29, 0.717) is 49.7 Å². The van der Waals surface area contributed by atoms with E-state index in [9.17, 15) is 35.1 Å². The highest BCUT2D eigenvalue weighted by Gasteiger charge is 2.81. The first-order chi connectivity index (χ1) is 39.6. The lowest BCUT2D eigenvalue weighted by molar-refractivity contribution is -0.354. The average Bonchev–Trinajstić information content (AvgIpc) is 1.63. The highest BCUT2D eigenvalue weighted by atomic mass is 16.8. The number of hydrogen-bond donors (Lipinski definition) is 5. The molecule has 7 fully saturated rings. The molecule has 0 amide bonds. The molecule has 21 nitrogen and oxygen atoms in total. The number of hydrogen-bond acceptors (Lipinski definition) is 21. The minimum Gasteiger partial charge on any atom is -0.458 e. The molecule has 2 aromatic rings. The lowest BCUT2D eigenvalue weighted by Gasteiger charge is -2.67. The molecule has 2 aromatic carbocycles. The fourth-order valence-electron chi connectivity index (χ4n) is 15.6. The Hall–Kier alpha value is -3.56. The number of ether oxygens (including phenoxy) is 14. The van der Waals surface area contributed by atoms with E-state index in [1.54, 1.807) is 103 Å². The zero-order chi connectivity index (χ0) is 59.4. The van der Waals surface area contributed by atoms with Crippen molar-refractivity contribution in [2.75, 3.05) is 35.0 Å². The van der Waals surface area contributed by atoms with Crippen LogP contribution in [0.2, 0.25) is 0 Å². The Morgan fingerprint density at radius 3 is 1.83 bits per heavy atom. The van der Waals surface area contributed by atoms with Gasteiger partial charge in [-0.05, 0) is 102 Å². The summed E-state index contributed by atoms with van der Waals surface area (Å²) in [5.41, 5.74) is -6.40. The third kappa shape index (κ3) is 11.3. The summed E-state index contributed by atoms with van der Waals surface area (Å²) >= 11 is 0. The molecule has 25 atom stereocenters. The van der Waals surface area contributed by atoms with Gasteiger partial charge in [0.2, 0.25) is 0 Å². The lowest BCUT2D eigenvalue weighted by atomic mass is 9.42. The van der Waals surface area contributed by atoms with Crippen LogP contribution in [0.15, 0.2) is 72.3 Å². The number of aliphatic hydroxyl groups excluding tert-OH is 2. The van der Waals surface area contributed by atoms with Crippen LogP contribution in [0.25, 0.3) is 0 Å². The first-order valence-electron chi connectivity index (χ1n) is 29.6. The smallest absolute Gasteiger partial charge is 0.338 e. The molecule has 4 aliphatic carbocycles. The third-order valence-corrected chi connectivity index (χ3v) is 20.6. The van der Waals surface area contributed by atoms with Gasteiger partial charge in [-0.2, -0.15) is 0 Å². The van der Waals surface area contributed by atoms with Gasteiger partial charge in [0.05, 0.1) is 65.9 Å². The van der Waals surface area contributed by atoms with Crippen molar-refractivity contribution in [1.82, 2.24) is 0 Å². The molecule has 4 aliphatic heterocycles. The zero-order valence-corrected chi connectivity index (χ0v) is 49.4. The molecule has 3 saturated carbocycles. The largest absolute Gasteiger partial charge is 0.458 e. The Balaban J connectivity index is 0.762. The summed E-state index contributed by atoms with van der Waals surface area (Å²) in [6.07, 6.45) is -8.68. The predicted molar refractivity (Wildman–Crippen MR) is 293 cm³/mol. The minimum atomic E-state index is -1.99. The van der Waals surface area contributed by atoms with Crippen LogP contribution in [-0.4, -0.2) is 206 Å². The van der Waals surface area contributed by atoms with Gasteiger partial charge in [-0.15, -0.1) is 0 Å². The molecule has 21 heteroatoms. The summed E-state index contributed by atoms with van der Waals surface area (Å²) in [7, 11) is 6.23. The van der Waals surface area contributed by atoms with E-state index < -0.39 is 156 Å². The van der Waals surface area contributed by atoms with Crippen LogP contribution >= 0.6 is 0 Å². The maximum Gasteiger partial charge on any atom is 0.338 e. The number of rotatable bonds is 17. The lowest BCUT2D eigenvalue weighted by Crippen LogP contribution is -2.78. The van der Waals surface area contributed by atoms with Crippen molar-refractivity contribution >= 4 is 11.9 Å². The monoisotopic (exact) mass is 1170 g/mol. The molecule has 0 radical (unpaired) electrons. The first-order valence-corrected chi connectivity index (χ1v) is 29.6. The fraction of sp³-hybridized carbons (Fsp3) is 0.742. The van der Waals surface area contributed by atoms with Gasteiger partial charge in [0.25, 0.3) is 0 Å². The van der Waals surface area contributed by atoms with E-state index >= 15 is 0 Å². The summed E-state index contributed by atoms with van der Waals surface area (Å²) in [6, 6.07) is 17.0. The molecule has 0 bridgehead atoms. The van der Waals surface area contributed by atoms with Crippen molar-refractivity contribution in [1.29, 1.82) is 0 Å². The molecular formula is C62H88O21. The van der Waals surface area contributed by atoms with Crippen LogP contribution in [0, 0.1) is 16.7 Å². The zero-order valence-electron chi connectivity index (χ0n) is 49.4. The maximum absolute atomic E-state index is 14.1. The molecule has 0 unspecified atom stereocenters. The summed E-state index contributed by atoms with van der Waals surface area (Å²) in [4.78, 5) is 27.6. The number of aliphatic hydroxyl groups is 5. The van der Waals surface area contributed by atoms with Gasteiger partial charge in [0.1, 0.15) is 65.6 Å². The predicted octanol–water partition coefficient (Wildman–Crippen LogP) is 5.07. The number of esters is 2. The fourth-order valence-corrected chi connectivity index (χ4v) is 15.6. The number of fused-ring (bicyclic) bond motifs is 5. The molecule has 462 valence electrons. The van der Waals surface area contributed by atoms with Gasteiger partial charge < -0.3 is 91.8 Å². The molecular weight excluding hydrogens is 1080 g/mol. The van der Waals surface area contributed by atoms with Gasteiger partial charge >= 0.3 is 11.9 Å². The van der Waals surface area contributed by atoms with E-state index in [2.05, 4.69) is 6.92 Å². The minimum absolute atomic E-state index is 0.0345. The number of carbonyl (C=O) groups excluding carboxylic acids is 2. The summed E-state index contributed by atoms with van der Waals surface area (Å²) in [5, 5.41) is 61.1. The Morgan fingerprint density at radius 1 is 0.627 bits per heavy atom. The van der Waals surface area contributed by atoms with Gasteiger partial charge in [-0.1, -0.05) is 61.9 Å². The second-order valence-corrected chi connectivity index (χ2v) is 24.8. The van der Waals surface area contributed by atoms with Crippen LogP contribution in [0.4, 0.5) is 0 Å². The quantitative estimate of drug-likeness (QED) is 0.102. The van der Waals surface area contributed by atoms with Gasteiger partial charge in [0.15, 0.2) is 25.2 Å².